The van der Waals surface area contributed by atoms with E-state index in [4.69, 9.17) is 0 Å². The molecule has 0 heterocycles. The first-order chi connectivity index (χ1) is 8.86. The van der Waals surface area contributed by atoms with Crippen molar-refractivity contribution in [2.75, 3.05) is 26.7 Å². The molecule has 3 heteroatoms. The molecule has 1 saturated carbocycles. The fourth-order valence-corrected chi connectivity index (χ4v) is 2.94. The van der Waals surface area contributed by atoms with Crippen molar-refractivity contribution in [3.8, 4) is 0 Å². The highest BCUT2D eigenvalue weighted by atomic mass is 16.3. The van der Waals surface area contributed by atoms with Crippen LogP contribution in [0.25, 0.3) is 0 Å². The minimum Gasteiger partial charge on any atom is -0.394 e. The zero-order valence-corrected chi connectivity index (χ0v) is 13.6. The number of hydrogen-bond donors (Lipinski definition) is 2. The van der Waals surface area contributed by atoms with Gasteiger partial charge in [-0.05, 0) is 51.6 Å². The summed E-state index contributed by atoms with van der Waals surface area (Å²) < 4.78 is 0. The lowest BCUT2D eigenvalue weighted by Crippen LogP contribution is -2.49. The summed E-state index contributed by atoms with van der Waals surface area (Å²) in [6.45, 7) is 11.4. The number of aliphatic hydroxyl groups is 1. The fourth-order valence-electron chi connectivity index (χ4n) is 2.94. The fraction of sp³-hybridized carbons (Fsp3) is 1.00. The van der Waals surface area contributed by atoms with Gasteiger partial charge in [-0.1, -0.05) is 27.2 Å². The van der Waals surface area contributed by atoms with Crippen molar-refractivity contribution < 1.29 is 5.11 Å². The van der Waals surface area contributed by atoms with E-state index >= 15 is 0 Å². The Bertz CT molecular complexity index is 257. The van der Waals surface area contributed by atoms with Crippen LogP contribution in [0.3, 0.4) is 0 Å². The maximum Gasteiger partial charge on any atom is 0.0610 e. The topological polar surface area (TPSA) is 35.5 Å². The summed E-state index contributed by atoms with van der Waals surface area (Å²) >= 11 is 0. The lowest BCUT2D eigenvalue weighted by atomic mass is 9.94. The third-order valence-electron chi connectivity index (χ3n) is 4.33. The highest BCUT2D eigenvalue weighted by Gasteiger charge is 2.32. The van der Waals surface area contributed by atoms with Crippen molar-refractivity contribution in [2.24, 2.45) is 11.8 Å². The standard InChI is InChI=1S/C16H34N2O/c1-13(2)17-16(4,12-19)8-6-7-9-18(5)11-15-10-14(15)3/h13-15,17,19H,6-12H2,1-5H3. The number of aliphatic hydroxyl groups excluding tert-OH is 1. The molecule has 1 aliphatic carbocycles. The molecule has 114 valence electrons. The quantitative estimate of drug-likeness (QED) is 0.599. The molecular weight excluding hydrogens is 236 g/mol. The van der Waals surface area contributed by atoms with E-state index in [-0.39, 0.29) is 12.1 Å². The van der Waals surface area contributed by atoms with Gasteiger partial charge in [0.05, 0.1) is 6.61 Å². The SMILES string of the molecule is CC(C)NC(C)(CO)CCCCN(C)CC1CC1C. The van der Waals surface area contributed by atoms with Crippen LogP contribution in [0.1, 0.15) is 53.4 Å². The molecule has 0 radical (unpaired) electrons. The molecule has 0 aliphatic heterocycles. The molecule has 3 atom stereocenters. The second-order valence-corrected chi connectivity index (χ2v) is 7.21. The molecule has 3 unspecified atom stereocenters. The number of nitrogens with one attached hydrogen (secondary N) is 1. The van der Waals surface area contributed by atoms with E-state index in [1.165, 1.54) is 32.4 Å². The van der Waals surface area contributed by atoms with Crippen molar-refractivity contribution >= 4 is 0 Å². The Morgan fingerprint density at radius 2 is 2.00 bits per heavy atom. The summed E-state index contributed by atoms with van der Waals surface area (Å²) in [6.07, 6.45) is 4.88. The zero-order chi connectivity index (χ0) is 14.5. The van der Waals surface area contributed by atoms with Gasteiger partial charge in [-0.2, -0.15) is 0 Å². The third-order valence-corrected chi connectivity index (χ3v) is 4.33. The smallest absolute Gasteiger partial charge is 0.0610 e. The Kier molecular flexibility index (Phi) is 6.78. The molecule has 1 fully saturated rings. The van der Waals surface area contributed by atoms with Crippen LogP contribution in [0.4, 0.5) is 0 Å². The highest BCUT2D eigenvalue weighted by molar-refractivity contribution is 4.85. The molecule has 0 amide bonds. The van der Waals surface area contributed by atoms with Gasteiger partial charge < -0.3 is 15.3 Å². The first kappa shape index (κ1) is 16.9. The van der Waals surface area contributed by atoms with Crippen molar-refractivity contribution in [3.05, 3.63) is 0 Å². The average molecular weight is 270 g/mol. The van der Waals surface area contributed by atoms with E-state index in [0.29, 0.717) is 6.04 Å². The molecule has 0 aromatic carbocycles. The van der Waals surface area contributed by atoms with E-state index in [9.17, 15) is 5.11 Å². The van der Waals surface area contributed by atoms with Crippen LogP contribution in [0.15, 0.2) is 0 Å². The van der Waals surface area contributed by atoms with E-state index in [0.717, 1.165) is 18.3 Å². The molecule has 1 aliphatic rings. The van der Waals surface area contributed by atoms with Gasteiger partial charge in [0.25, 0.3) is 0 Å². The molecule has 0 bridgehead atoms. The van der Waals surface area contributed by atoms with Gasteiger partial charge in [0, 0.05) is 18.1 Å². The summed E-state index contributed by atoms with van der Waals surface area (Å²) in [7, 11) is 2.24. The molecule has 3 nitrogen and oxygen atoms in total. The Morgan fingerprint density at radius 3 is 2.47 bits per heavy atom. The van der Waals surface area contributed by atoms with Crippen LogP contribution >= 0.6 is 0 Å². The van der Waals surface area contributed by atoms with Gasteiger partial charge in [-0.3, -0.25) is 0 Å². The monoisotopic (exact) mass is 270 g/mol. The van der Waals surface area contributed by atoms with Crippen LogP contribution in [0.2, 0.25) is 0 Å². The number of rotatable bonds is 10. The average Bonchev–Trinajstić information content (AvgIpc) is 2.99. The summed E-state index contributed by atoms with van der Waals surface area (Å²) in [5, 5.41) is 13.0. The lowest BCUT2D eigenvalue weighted by molar-refractivity contribution is 0.152. The predicted octanol–water partition coefficient (Wildman–Crippen LogP) is 2.49. The first-order valence-electron chi connectivity index (χ1n) is 7.93. The van der Waals surface area contributed by atoms with Crippen molar-refractivity contribution in [2.45, 2.75) is 65.0 Å². The van der Waals surface area contributed by atoms with Crippen molar-refractivity contribution in [1.82, 2.24) is 10.2 Å². The number of nitrogens with zero attached hydrogens (tertiary/aromatic N) is 1. The summed E-state index contributed by atoms with van der Waals surface area (Å²) in [4.78, 5) is 2.47. The molecule has 0 spiro atoms. The van der Waals surface area contributed by atoms with Gasteiger partial charge in [-0.15, -0.1) is 0 Å². The second-order valence-electron chi connectivity index (χ2n) is 7.21. The van der Waals surface area contributed by atoms with Gasteiger partial charge in [0.1, 0.15) is 0 Å². The number of hydrogen-bond acceptors (Lipinski definition) is 3. The van der Waals surface area contributed by atoms with Crippen LogP contribution in [-0.2, 0) is 0 Å². The molecule has 0 aromatic heterocycles. The van der Waals surface area contributed by atoms with Crippen LogP contribution < -0.4 is 5.32 Å². The largest absolute Gasteiger partial charge is 0.394 e. The van der Waals surface area contributed by atoms with Crippen LogP contribution in [-0.4, -0.2) is 48.3 Å². The summed E-state index contributed by atoms with van der Waals surface area (Å²) in [6, 6.07) is 0.427. The molecule has 19 heavy (non-hydrogen) atoms. The van der Waals surface area contributed by atoms with E-state index < -0.39 is 0 Å². The Morgan fingerprint density at radius 1 is 1.37 bits per heavy atom. The minimum absolute atomic E-state index is 0.113. The lowest BCUT2D eigenvalue weighted by Gasteiger charge is -2.31. The molecule has 0 aromatic rings. The normalized spacial score (nSPS) is 25.9. The third kappa shape index (κ3) is 6.73. The van der Waals surface area contributed by atoms with E-state index in [1.807, 2.05) is 0 Å². The highest BCUT2D eigenvalue weighted by Crippen LogP contribution is 2.37. The van der Waals surface area contributed by atoms with E-state index in [1.54, 1.807) is 0 Å². The van der Waals surface area contributed by atoms with Crippen molar-refractivity contribution in [1.29, 1.82) is 0 Å². The molecule has 0 saturated heterocycles. The zero-order valence-electron chi connectivity index (χ0n) is 13.6. The van der Waals surface area contributed by atoms with Gasteiger partial charge in [-0.25, -0.2) is 0 Å². The Hall–Kier alpha value is -0.120. The summed E-state index contributed by atoms with van der Waals surface area (Å²) in [5.74, 6) is 1.91. The second kappa shape index (κ2) is 7.61. The van der Waals surface area contributed by atoms with E-state index in [2.05, 4.69) is 45.0 Å². The van der Waals surface area contributed by atoms with Crippen molar-refractivity contribution in [3.63, 3.8) is 0 Å². The minimum atomic E-state index is -0.113. The first-order valence-corrected chi connectivity index (χ1v) is 7.93. The summed E-state index contributed by atoms with van der Waals surface area (Å²) in [5.41, 5.74) is -0.113. The van der Waals surface area contributed by atoms with Gasteiger partial charge in [0.15, 0.2) is 0 Å². The van der Waals surface area contributed by atoms with Gasteiger partial charge in [0.2, 0.25) is 0 Å². The van der Waals surface area contributed by atoms with Gasteiger partial charge >= 0.3 is 0 Å². The maximum atomic E-state index is 9.53. The predicted molar refractivity (Wildman–Crippen MR) is 82.4 cm³/mol. The number of unbranched alkanes of at least 4 members (excludes halogenated alkanes) is 1. The van der Waals surface area contributed by atoms with Crippen LogP contribution in [0, 0.1) is 11.8 Å². The maximum absolute atomic E-state index is 9.53. The Balaban J connectivity index is 2.10. The van der Waals surface area contributed by atoms with Crippen LogP contribution in [0.5, 0.6) is 0 Å². The molecule has 2 N–H and O–H groups in total. The molecule has 1 rings (SSSR count). The molecular formula is C16H34N2O. The Labute approximate surface area is 119 Å².